The zero-order chi connectivity index (χ0) is 25.3. The third-order valence-electron chi connectivity index (χ3n) is 6.49. The van der Waals surface area contributed by atoms with Crippen LogP contribution in [0.1, 0.15) is 53.9 Å². The molecule has 2 aromatic carbocycles. The van der Waals surface area contributed by atoms with E-state index in [0.29, 0.717) is 6.54 Å². The minimum Gasteiger partial charge on any atom is -0.481 e. The fourth-order valence-corrected chi connectivity index (χ4v) is 4.41. The molecule has 2 saturated heterocycles. The lowest BCUT2D eigenvalue weighted by atomic mass is 9.99. The van der Waals surface area contributed by atoms with Crippen LogP contribution in [0.2, 0.25) is 0 Å². The van der Waals surface area contributed by atoms with Crippen molar-refractivity contribution < 1.29 is 34.0 Å². The minimum atomic E-state index is -0.989. The number of benzene rings is 2. The zero-order valence-electron chi connectivity index (χ0n) is 20.3. The van der Waals surface area contributed by atoms with Gasteiger partial charge < -0.3 is 29.7 Å². The van der Waals surface area contributed by atoms with E-state index in [9.17, 15) is 14.7 Å². The van der Waals surface area contributed by atoms with Gasteiger partial charge in [-0.1, -0.05) is 48.5 Å². The summed E-state index contributed by atoms with van der Waals surface area (Å²) in [5.41, 5.74) is 3.70. The molecule has 2 heterocycles. The average Bonchev–Trinajstić information content (AvgIpc) is 2.91. The molecule has 2 aromatic rings. The van der Waals surface area contributed by atoms with Crippen molar-refractivity contribution >= 4 is 11.9 Å². The van der Waals surface area contributed by atoms with Crippen LogP contribution in [-0.2, 0) is 37.0 Å². The summed E-state index contributed by atoms with van der Waals surface area (Å²) in [6.45, 7) is 4.35. The SMILES string of the molecule is O=C(O)CCC(=O)NCc1ccc([C@H]2O[C@@H](CN3CCOCC3)C[C@@H](c3ccc(CO)cc3)O2)cc1. The number of amides is 1. The highest BCUT2D eigenvalue weighted by Gasteiger charge is 2.33. The monoisotopic (exact) mass is 498 g/mol. The number of carboxylic acid groups (broad SMARTS) is 1. The minimum absolute atomic E-state index is 0.00353. The highest BCUT2D eigenvalue weighted by atomic mass is 16.7. The molecule has 0 saturated carbocycles. The van der Waals surface area contributed by atoms with Gasteiger partial charge in [-0.25, -0.2) is 0 Å². The molecule has 3 atom stereocenters. The second-order valence-electron chi connectivity index (χ2n) is 9.18. The summed E-state index contributed by atoms with van der Waals surface area (Å²) in [7, 11) is 0. The van der Waals surface area contributed by atoms with Crippen LogP contribution in [0.15, 0.2) is 48.5 Å². The number of hydrogen-bond donors (Lipinski definition) is 3. The van der Waals surface area contributed by atoms with Gasteiger partial charge in [-0.15, -0.1) is 0 Å². The van der Waals surface area contributed by atoms with E-state index in [4.69, 9.17) is 19.3 Å². The number of aliphatic carboxylic acids is 1. The maximum absolute atomic E-state index is 11.8. The third-order valence-corrected chi connectivity index (χ3v) is 6.49. The molecule has 2 aliphatic rings. The Bertz CT molecular complexity index is 990. The lowest BCUT2D eigenvalue weighted by Gasteiger charge is -2.39. The Morgan fingerprint density at radius 1 is 0.917 bits per heavy atom. The van der Waals surface area contributed by atoms with E-state index in [1.807, 2.05) is 48.5 Å². The molecule has 2 fully saturated rings. The summed E-state index contributed by atoms with van der Waals surface area (Å²) in [6.07, 6.45) is -0.189. The molecule has 9 heteroatoms. The number of carboxylic acids is 1. The Morgan fingerprint density at radius 3 is 2.25 bits per heavy atom. The van der Waals surface area contributed by atoms with Crippen LogP contribution in [0.4, 0.5) is 0 Å². The van der Waals surface area contributed by atoms with Crippen molar-refractivity contribution in [3.05, 3.63) is 70.8 Å². The Morgan fingerprint density at radius 2 is 1.58 bits per heavy atom. The van der Waals surface area contributed by atoms with Crippen LogP contribution < -0.4 is 5.32 Å². The first kappa shape index (κ1) is 26.2. The summed E-state index contributed by atoms with van der Waals surface area (Å²) in [5, 5.41) is 20.8. The molecule has 2 aliphatic heterocycles. The van der Waals surface area contributed by atoms with E-state index in [1.165, 1.54) is 0 Å². The van der Waals surface area contributed by atoms with Gasteiger partial charge in [-0.05, 0) is 16.7 Å². The molecule has 1 amide bonds. The van der Waals surface area contributed by atoms with Crippen molar-refractivity contribution in [2.24, 2.45) is 0 Å². The number of morpholine rings is 1. The Kier molecular flexibility index (Phi) is 9.43. The number of aliphatic hydroxyl groups is 1. The van der Waals surface area contributed by atoms with Crippen LogP contribution in [0.25, 0.3) is 0 Å². The first-order valence-corrected chi connectivity index (χ1v) is 12.4. The van der Waals surface area contributed by atoms with Gasteiger partial charge in [0.05, 0.1) is 38.4 Å². The maximum Gasteiger partial charge on any atom is 0.303 e. The van der Waals surface area contributed by atoms with E-state index in [1.54, 1.807) is 0 Å². The van der Waals surface area contributed by atoms with Crippen molar-refractivity contribution in [2.75, 3.05) is 32.8 Å². The van der Waals surface area contributed by atoms with Crippen LogP contribution in [0, 0.1) is 0 Å². The first-order chi connectivity index (χ1) is 17.5. The quantitative estimate of drug-likeness (QED) is 0.458. The normalized spacial score (nSPS) is 22.8. The van der Waals surface area contributed by atoms with E-state index in [2.05, 4.69) is 10.2 Å². The molecule has 0 aromatic heterocycles. The smallest absolute Gasteiger partial charge is 0.303 e. The topological polar surface area (TPSA) is 118 Å². The lowest BCUT2D eigenvalue weighted by Crippen LogP contribution is -2.44. The van der Waals surface area contributed by atoms with Crippen molar-refractivity contribution in [3.8, 4) is 0 Å². The van der Waals surface area contributed by atoms with Crippen molar-refractivity contribution in [1.82, 2.24) is 10.2 Å². The summed E-state index contributed by atoms with van der Waals surface area (Å²) in [6, 6.07) is 15.5. The highest BCUT2D eigenvalue weighted by Crippen LogP contribution is 2.38. The number of ether oxygens (including phenoxy) is 3. The lowest BCUT2D eigenvalue weighted by molar-refractivity contribution is -0.253. The average molecular weight is 499 g/mol. The maximum atomic E-state index is 11.8. The van der Waals surface area contributed by atoms with Crippen LogP contribution in [-0.4, -0.2) is 65.9 Å². The molecule has 36 heavy (non-hydrogen) atoms. The molecule has 4 rings (SSSR count). The van der Waals surface area contributed by atoms with E-state index in [0.717, 1.165) is 61.5 Å². The molecule has 0 bridgehead atoms. The standard InChI is InChI=1S/C27H34N2O7/c30-18-20-3-5-21(6-4-20)24-15-23(17-29-11-13-34-14-12-29)35-27(36-24)22-7-1-19(2-8-22)16-28-25(31)9-10-26(32)33/h1-8,23-24,27,30H,9-18H2,(H,28,31)(H,32,33)/t23-,24+,27+/m1/s1. The van der Waals surface area contributed by atoms with Crippen LogP contribution in [0.5, 0.6) is 0 Å². The molecule has 3 N–H and O–H groups in total. The van der Waals surface area contributed by atoms with Gasteiger partial charge in [-0.3, -0.25) is 14.5 Å². The number of carbonyl (C=O) groups excluding carboxylic acids is 1. The van der Waals surface area contributed by atoms with Gasteiger partial charge in [0.15, 0.2) is 6.29 Å². The number of carbonyl (C=O) groups is 2. The fourth-order valence-electron chi connectivity index (χ4n) is 4.41. The van der Waals surface area contributed by atoms with Crippen molar-refractivity contribution in [2.45, 2.75) is 50.9 Å². The molecular weight excluding hydrogens is 464 g/mol. The van der Waals surface area contributed by atoms with Gasteiger partial charge in [0.25, 0.3) is 0 Å². The summed E-state index contributed by atoms with van der Waals surface area (Å²) < 4.78 is 18.3. The summed E-state index contributed by atoms with van der Waals surface area (Å²) in [5.74, 6) is -1.28. The predicted molar refractivity (Wildman–Crippen MR) is 131 cm³/mol. The number of nitrogens with one attached hydrogen (secondary N) is 1. The number of rotatable bonds is 10. The van der Waals surface area contributed by atoms with Crippen LogP contribution >= 0.6 is 0 Å². The van der Waals surface area contributed by atoms with Gasteiger partial charge in [0.2, 0.25) is 5.91 Å². The van der Waals surface area contributed by atoms with Gasteiger partial charge in [0, 0.05) is 44.6 Å². The van der Waals surface area contributed by atoms with Gasteiger partial charge >= 0.3 is 5.97 Å². The van der Waals surface area contributed by atoms with E-state index < -0.39 is 12.3 Å². The van der Waals surface area contributed by atoms with Gasteiger partial charge in [-0.2, -0.15) is 0 Å². The Labute approximate surface area is 211 Å². The molecule has 0 aliphatic carbocycles. The van der Waals surface area contributed by atoms with E-state index >= 15 is 0 Å². The summed E-state index contributed by atoms with van der Waals surface area (Å²) >= 11 is 0. The highest BCUT2D eigenvalue weighted by molar-refractivity contribution is 5.80. The largest absolute Gasteiger partial charge is 0.481 e. The molecule has 9 nitrogen and oxygen atoms in total. The van der Waals surface area contributed by atoms with Crippen molar-refractivity contribution in [1.29, 1.82) is 0 Å². The number of aliphatic hydroxyl groups excluding tert-OH is 1. The summed E-state index contributed by atoms with van der Waals surface area (Å²) in [4.78, 5) is 24.8. The number of nitrogens with zero attached hydrogens (tertiary/aromatic N) is 1. The molecule has 0 radical (unpaired) electrons. The number of hydrogen-bond acceptors (Lipinski definition) is 7. The Balaban J connectivity index is 1.42. The third kappa shape index (κ3) is 7.59. The molecular formula is C27H34N2O7. The zero-order valence-corrected chi connectivity index (χ0v) is 20.3. The van der Waals surface area contributed by atoms with Crippen molar-refractivity contribution in [3.63, 3.8) is 0 Å². The van der Waals surface area contributed by atoms with E-state index in [-0.39, 0.29) is 37.6 Å². The first-order valence-electron chi connectivity index (χ1n) is 12.4. The molecule has 194 valence electrons. The van der Waals surface area contributed by atoms with Crippen LogP contribution in [0.3, 0.4) is 0 Å². The second-order valence-corrected chi connectivity index (χ2v) is 9.18. The van der Waals surface area contributed by atoms with Gasteiger partial charge in [0.1, 0.15) is 0 Å². The molecule has 0 unspecified atom stereocenters. The second kappa shape index (κ2) is 12.9. The molecule has 0 spiro atoms. The predicted octanol–water partition coefficient (Wildman–Crippen LogP) is 2.54. The fraction of sp³-hybridized carbons (Fsp3) is 0.481. The Hall–Kier alpha value is -2.82.